The van der Waals surface area contributed by atoms with Gasteiger partial charge >= 0.3 is 5.97 Å². The highest BCUT2D eigenvalue weighted by molar-refractivity contribution is 5.77. The van der Waals surface area contributed by atoms with Crippen molar-refractivity contribution in [1.29, 1.82) is 0 Å². The van der Waals surface area contributed by atoms with Crippen LogP contribution >= 0.6 is 0 Å². The maximum absolute atomic E-state index is 11.3. The standard InChI is InChI=1S/C12H14O4/c1-16-11(15)10(14)12(5-6-12)8-3-2-4-9(13)7-8/h2-4,7,10,13-14H,5-6H2,1H3. The maximum atomic E-state index is 11.3. The number of carbonyl (C=O) groups excluding carboxylic acids is 1. The molecule has 0 radical (unpaired) electrons. The number of aliphatic hydroxyl groups is 1. The number of ether oxygens (including phenoxy) is 1. The van der Waals surface area contributed by atoms with E-state index < -0.39 is 17.5 Å². The molecule has 86 valence electrons. The number of carbonyl (C=O) groups is 1. The summed E-state index contributed by atoms with van der Waals surface area (Å²) in [5, 5.41) is 19.3. The first-order valence-electron chi connectivity index (χ1n) is 5.15. The summed E-state index contributed by atoms with van der Waals surface area (Å²) in [5.41, 5.74) is 0.219. The van der Waals surface area contributed by atoms with E-state index >= 15 is 0 Å². The molecule has 1 saturated carbocycles. The minimum atomic E-state index is -1.15. The summed E-state index contributed by atoms with van der Waals surface area (Å²) >= 11 is 0. The molecule has 1 aromatic carbocycles. The number of benzene rings is 1. The van der Waals surface area contributed by atoms with E-state index in [0.29, 0.717) is 0 Å². The van der Waals surface area contributed by atoms with Gasteiger partial charge < -0.3 is 14.9 Å². The van der Waals surface area contributed by atoms with Gasteiger partial charge in [0, 0.05) is 5.41 Å². The van der Waals surface area contributed by atoms with Crippen LogP contribution in [0.25, 0.3) is 0 Å². The van der Waals surface area contributed by atoms with E-state index in [1.165, 1.54) is 7.11 Å². The zero-order valence-corrected chi connectivity index (χ0v) is 9.01. The largest absolute Gasteiger partial charge is 0.508 e. The lowest BCUT2D eigenvalue weighted by molar-refractivity contribution is -0.152. The van der Waals surface area contributed by atoms with Gasteiger partial charge in [0.25, 0.3) is 0 Å². The van der Waals surface area contributed by atoms with Crippen LogP contribution in [0.3, 0.4) is 0 Å². The number of rotatable bonds is 3. The van der Waals surface area contributed by atoms with Crippen molar-refractivity contribution in [2.45, 2.75) is 24.4 Å². The van der Waals surface area contributed by atoms with Gasteiger partial charge in [0.2, 0.25) is 0 Å². The molecule has 0 bridgehead atoms. The first-order valence-corrected chi connectivity index (χ1v) is 5.15. The molecule has 1 atom stereocenters. The Kier molecular flexibility index (Phi) is 2.59. The van der Waals surface area contributed by atoms with Crippen LogP contribution in [-0.4, -0.2) is 29.4 Å². The van der Waals surface area contributed by atoms with Crippen molar-refractivity contribution in [1.82, 2.24) is 0 Å². The molecular formula is C12H14O4. The monoisotopic (exact) mass is 222 g/mol. The summed E-state index contributed by atoms with van der Waals surface area (Å²) in [6.45, 7) is 0. The fraction of sp³-hybridized carbons (Fsp3) is 0.417. The lowest BCUT2D eigenvalue weighted by atomic mass is 9.90. The molecule has 0 amide bonds. The zero-order chi connectivity index (χ0) is 11.8. The lowest BCUT2D eigenvalue weighted by Gasteiger charge is -2.20. The van der Waals surface area contributed by atoms with E-state index in [2.05, 4.69) is 4.74 Å². The predicted molar refractivity (Wildman–Crippen MR) is 57.0 cm³/mol. The Morgan fingerprint density at radius 1 is 1.50 bits per heavy atom. The third kappa shape index (κ3) is 1.65. The van der Waals surface area contributed by atoms with Crippen LogP contribution in [0.2, 0.25) is 0 Å². The third-order valence-electron chi connectivity index (χ3n) is 3.16. The van der Waals surface area contributed by atoms with Crippen LogP contribution in [0.15, 0.2) is 24.3 Å². The molecule has 4 nitrogen and oxygen atoms in total. The second kappa shape index (κ2) is 3.79. The van der Waals surface area contributed by atoms with E-state index in [0.717, 1.165) is 18.4 Å². The van der Waals surface area contributed by atoms with Gasteiger partial charge in [-0.2, -0.15) is 0 Å². The van der Waals surface area contributed by atoms with Gasteiger partial charge in [-0.25, -0.2) is 4.79 Å². The summed E-state index contributed by atoms with van der Waals surface area (Å²) in [4.78, 5) is 11.3. The van der Waals surface area contributed by atoms with Gasteiger partial charge in [0.1, 0.15) is 5.75 Å². The molecule has 0 spiro atoms. The van der Waals surface area contributed by atoms with Crippen molar-refractivity contribution in [3.05, 3.63) is 29.8 Å². The van der Waals surface area contributed by atoms with E-state index in [1.54, 1.807) is 24.3 Å². The van der Waals surface area contributed by atoms with Crippen molar-refractivity contribution in [2.24, 2.45) is 0 Å². The quantitative estimate of drug-likeness (QED) is 0.747. The van der Waals surface area contributed by atoms with Crippen molar-refractivity contribution in [2.75, 3.05) is 7.11 Å². The first-order chi connectivity index (χ1) is 7.60. The fourth-order valence-electron chi connectivity index (χ4n) is 2.01. The number of hydrogen-bond donors (Lipinski definition) is 2. The molecule has 4 heteroatoms. The Labute approximate surface area is 93.5 Å². The average molecular weight is 222 g/mol. The number of hydrogen-bond acceptors (Lipinski definition) is 4. The Morgan fingerprint density at radius 3 is 2.69 bits per heavy atom. The molecule has 1 aromatic rings. The van der Waals surface area contributed by atoms with Gasteiger partial charge in [-0.3, -0.25) is 0 Å². The van der Waals surface area contributed by atoms with Gasteiger partial charge in [-0.1, -0.05) is 12.1 Å². The number of methoxy groups -OCH3 is 1. The topological polar surface area (TPSA) is 66.8 Å². The Hall–Kier alpha value is -1.55. The molecule has 0 heterocycles. The number of aliphatic hydroxyl groups excluding tert-OH is 1. The number of aromatic hydroxyl groups is 1. The summed E-state index contributed by atoms with van der Waals surface area (Å²) in [6.07, 6.45) is 0.304. The number of phenolic OH excluding ortho intramolecular Hbond substituents is 1. The summed E-state index contributed by atoms with van der Waals surface area (Å²) in [5.74, 6) is -0.485. The highest BCUT2D eigenvalue weighted by atomic mass is 16.5. The van der Waals surface area contributed by atoms with Gasteiger partial charge in [-0.15, -0.1) is 0 Å². The van der Waals surface area contributed by atoms with Crippen molar-refractivity contribution in [3.63, 3.8) is 0 Å². The zero-order valence-electron chi connectivity index (χ0n) is 9.01. The van der Waals surface area contributed by atoms with Crippen LogP contribution in [0, 0.1) is 0 Å². The first kappa shape index (κ1) is 11.0. The number of phenols is 1. The highest BCUT2D eigenvalue weighted by Gasteiger charge is 2.53. The van der Waals surface area contributed by atoms with Gasteiger partial charge in [-0.05, 0) is 30.5 Å². The van der Waals surface area contributed by atoms with Crippen molar-refractivity contribution in [3.8, 4) is 5.75 Å². The predicted octanol–water partition coefficient (Wildman–Crippen LogP) is 0.958. The van der Waals surface area contributed by atoms with E-state index in [-0.39, 0.29) is 5.75 Å². The second-order valence-corrected chi connectivity index (χ2v) is 4.13. The SMILES string of the molecule is COC(=O)C(O)C1(c2cccc(O)c2)CC1. The third-order valence-corrected chi connectivity index (χ3v) is 3.16. The summed E-state index contributed by atoms with van der Waals surface area (Å²) in [6, 6.07) is 6.65. The fourth-order valence-corrected chi connectivity index (χ4v) is 2.01. The smallest absolute Gasteiger partial charge is 0.335 e. The molecular weight excluding hydrogens is 208 g/mol. The van der Waals surface area contributed by atoms with Gasteiger partial charge in [0.15, 0.2) is 6.10 Å². The van der Waals surface area contributed by atoms with Gasteiger partial charge in [0.05, 0.1) is 7.11 Å². The maximum Gasteiger partial charge on any atom is 0.335 e. The van der Waals surface area contributed by atoms with Crippen molar-refractivity contribution >= 4 is 5.97 Å². The highest BCUT2D eigenvalue weighted by Crippen LogP contribution is 2.51. The molecule has 1 unspecified atom stereocenters. The number of esters is 1. The Morgan fingerprint density at radius 2 is 2.19 bits per heavy atom. The minimum Gasteiger partial charge on any atom is -0.508 e. The summed E-state index contributed by atoms with van der Waals surface area (Å²) in [7, 11) is 1.25. The molecule has 1 aliphatic carbocycles. The molecule has 1 fully saturated rings. The molecule has 1 aliphatic rings. The second-order valence-electron chi connectivity index (χ2n) is 4.13. The molecule has 0 aromatic heterocycles. The molecule has 2 rings (SSSR count). The van der Waals surface area contributed by atoms with Crippen LogP contribution in [0.5, 0.6) is 5.75 Å². The Bertz CT molecular complexity index is 409. The van der Waals surface area contributed by atoms with Crippen LogP contribution < -0.4 is 0 Å². The molecule has 2 N–H and O–H groups in total. The van der Waals surface area contributed by atoms with E-state index in [1.807, 2.05) is 0 Å². The van der Waals surface area contributed by atoms with Crippen molar-refractivity contribution < 1.29 is 19.7 Å². The molecule has 16 heavy (non-hydrogen) atoms. The Balaban J connectivity index is 2.29. The van der Waals surface area contributed by atoms with E-state index in [4.69, 9.17) is 0 Å². The lowest BCUT2D eigenvalue weighted by Crippen LogP contribution is -2.34. The minimum absolute atomic E-state index is 0.140. The van der Waals surface area contributed by atoms with Crippen LogP contribution in [0.1, 0.15) is 18.4 Å². The van der Waals surface area contributed by atoms with E-state index in [9.17, 15) is 15.0 Å². The normalized spacial score (nSPS) is 18.9. The van der Waals surface area contributed by atoms with Crippen LogP contribution in [-0.2, 0) is 14.9 Å². The molecule has 0 aliphatic heterocycles. The summed E-state index contributed by atoms with van der Waals surface area (Å²) < 4.78 is 4.54. The molecule has 0 saturated heterocycles. The van der Waals surface area contributed by atoms with Crippen LogP contribution in [0.4, 0.5) is 0 Å². The average Bonchev–Trinajstić information content (AvgIpc) is 3.08.